The van der Waals surface area contributed by atoms with E-state index < -0.39 is 24.6 Å². The average molecular weight is 517 g/mol. The van der Waals surface area contributed by atoms with E-state index in [4.69, 9.17) is 5.73 Å². The third kappa shape index (κ3) is 4.62. The van der Waals surface area contributed by atoms with Gasteiger partial charge in [-0.3, -0.25) is 9.69 Å². The smallest absolute Gasteiger partial charge is 0.241 e. The molecule has 6 atom stereocenters. The van der Waals surface area contributed by atoms with Gasteiger partial charge >= 0.3 is 0 Å². The number of nitrogens with two attached hydrogens (primary N) is 1. The number of nitrogens with zero attached hydrogens (tertiary/aromatic N) is 3. The molecule has 1 spiro atoms. The summed E-state index contributed by atoms with van der Waals surface area (Å²) in [6.45, 7) is 0.818. The van der Waals surface area contributed by atoms with Crippen LogP contribution < -0.4 is 5.73 Å². The lowest BCUT2D eigenvalue weighted by Crippen LogP contribution is -2.60. The Kier molecular flexibility index (Phi) is 6.83. The first kappa shape index (κ1) is 25.7. The Morgan fingerprint density at radius 2 is 1.78 bits per heavy atom. The predicted molar refractivity (Wildman–Crippen MR) is 138 cm³/mol. The number of aliphatic hydroxyl groups is 1. The minimum Gasteiger partial charge on any atom is -0.376 e. The number of carbonyl (C=O) groups is 1. The summed E-state index contributed by atoms with van der Waals surface area (Å²) in [4.78, 5) is 20.1. The molecule has 204 valence electrons. The molecule has 0 aromatic heterocycles. The maximum atomic E-state index is 13.5. The molecule has 6 nitrogen and oxygen atoms in total. The topological polar surface area (TPSA) is 73.0 Å². The van der Waals surface area contributed by atoms with Crippen LogP contribution in [0.15, 0.2) is 30.3 Å². The van der Waals surface area contributed by atoms with Gasteiger partial charge in [-0.15, -0.1) is 0 Å². The SMILES string of the molecule is CN(C1CC(C(F)F)C1)[C@H]1CC[C@H](N)C(=O)N2[C@H](CC[C@H]2C(O)N2C[C@H](c3ccccc3)CC23CC3)C1. The molecule has 1 aromatic rings. The molecular formula is C29H42F2N4O2. The molecule has 0 bridgehead atoms. The molecule has 5 fully saturated rings. The Hall–Kier alpha value is -1.61. The molecule has 1 unspecified atom stereocenters. The van der Waals surface area contributed by atoms with Crippen molar-refractivity contribution in [1.82, 2.24) is 14.7 Å². The number of benzene rings is 1. The summed E-state index contributed by atoms with van der Waals surface area (Å²) >= 11 is 0. The molecule has 37 heavy (non-hydrogen) atoms. The standard InChI is InChI=1S/C29H42F2N4O2/c1-33(23-13-19(14-23)26(30)31)21-7-9-24(32)27(36)35-22(15-21)8-10-25(35)28(37)34-17-20(16-29(34)11-12-29)18-5-3-2-4-6-18/h2-6,19-26,28,37H,7-17,32H2,1H3/t19?,20-,21+,22-,23?,24+,25+,28?/m1/s1. The van der Waals surface area contributed by atoms with Crippen LogP contribution in [0.1, 0.15) is 75.7 Å². The number of carbonyl (C=O) groups excluding carboxylic acids is 1. The zero-order valence-electron chi connectivity index (χ0n) is 21.9. The number of hydrogen-bond acceptors (Lipinski definition) is 5. The van der Waals surface area contributed by atoms with Crippen molar-refractivity contribution in [2.75, 3.05) is 13.6 Å². The van der Waals surface area contributed by atoms with E-state index in [0.717, 1.165) is 51.5 Å². The summed E-state index contributed by atoms with van der Waals surface area (Å²) in [6, 6.07) is 10.2. The van der Waals surface area contributed by atoms with Crippen LogP contribution in [0, 0.1) is 5.92 Å². The molecule has 3 saturated heterocycles. The number of fused-ring (bicyclic) bond motifs is 1. The Bertz CT molecular complexity index is 970. The van der Waals surface area contributed by atoms with Gasteiger partial charge in [0.2, 0.25) is 12.3 Å². The monoisotopic (exact) mass is 516 g/mol. The number of halogens is 2. The van der Waals surface area contributed by atoms with Crippen molar-refractivity contribution in [2.24, 2.45) is 11.7 Å². The van der Waals surface area contributed by atoms with Crippen LogP contribution >= 0.6 is 0 Å². The lowest BCUT2D eigenvalue weighted by molar-refractivity contribution is -0.145. The molecule has 3 aliphatic heterocycles. The van der Waals surface area contributed by atoms with E-state index in [2.05, 4.69) is 41.1 Å². The van der Waals surface area contributed by atoms with Gasteiger partial charge in [-0.2, -0.15) is 0 Å². The van der Waals surface area contributed by atoms with E-state index in [1.807, 2.05) is 11.0 Å². The summed E-state index contributed by atoms with van der Waals surface area (Å²) in [5.41, 5.74) is 7.81. The Morgan fingerprint density at radius 3 is 2.46 bits per heavy atom. The van der Waals surface area contributed by atoms with Crippen LogP contribution in [0.25, 0.3) is 0 Å². The number of likely N-dealkylation sites (tertiary alicyclic amines) is 1. The van der Waals surface area contributed by atoms with Gasteiger partial charge in [-0.1, -0.05) is 30.3 Å². The third-order valence-corrected chi connectivity index (χ3v) is 10.5. The first-order chi connectivity index (χ1) is 17.8. The van der Waals surface area contributed by atoms with E-state index in [9.17, 15) is 18.7 Å². The van der Waals surface area contributed by atoms with Gasteiger partial charge in [-0.05, 0) is 82.7 Å². The molecular weight excluding hydrogens is 474 g/mol. The van der Waals surface area contributed by atoms with E-state index in [0.29, 0.717) is 25.2 Å². The fraction of sp³-hybridized carbons (Fsp3) is 0.759. The minimum absolute atomic E-state index is 0.0299. The molecule has 6 rings (SSSR count). The number of alkyl halides is 2. The highest BCUT2D eigenvalue weighted by molar-refractivity contribution is 5.82. The molecule has 2 saturated carbocycles. The van der Waals surface area contributed by atoms with Crippen molar-refractivity contribution in [3.05, 3.63) is 35.9 Å². The number of hydrogen-bond donors (Lipinski definition) is 2. The molecule has 2 aliphatic carbocycles. The van der Waals surface area contributed by atoms with Crippen LogP contribution in [0.2, 0.25) is 0 Å². The average Bonchev–Trinajstić information content (AvgIpc) is 3.34. The normalized spacial score (nSPS) is 38.5. The second-order valence-corrected chi connectivity index (χ2v) is 12.6. The maximum Gasteiger partial charge on any atom is 0.241 e. The molecule has 1 aromatic carbocycles. The van der Waals surface area contributed by atoms with Crippen molar-refractivity contribution in [3.63, 3.8) is 0 Å². The van der Waals surface area contributed by atoms with Crippen LogP contribution in [-0.4, -0.2) is 87.7 Å². The highest BCUT2D eigenvalue weighted by atomic mass is 19.3. The van der Waals surface area contributed by atoms with Crippen molar-refractivity contribution in [3.8, 4) is 0 Å². The number of amides is 1. The van der Waals surface area contributed by atoms with Crippen LogP contribution in [0.4, 0.5) is 8.78 Å². The van der Waals surface area contributed by atoms with Crippen LogP contribution in [-0.2, 0) is 4.79 Å². The second-order valence-electron chi connectivity index (χ2n) is 12.6. The Morgan fingerprint density at radius 1 is 1.05 bits per heavy atom. The highest BCUT2D eigenvalue weighted by Crippen LogP contribution is 2.55. The Labute approximate surface area is 219 Å². The zero-order chi connectivity index (χ0) is 25.9. The quantitative estimate of drug-likeness (QED) is 0.605. The summed E-state index contributed by atoms with van der Waals surface area (Å²) in [7, 11) is 2.06. The maximum absolute atomic E-state index is 13.5. The molecule has 5 aliphatic rings. The first-order valence-corrected chi connectivity index (χ1v) is 14.3. The summed E-state index contributed by atoms with van der Waals surface area (Å²) < 4.78 is 26.1. The largest absolute Gasteiger partial charge is 0.376 e. The summed E-state index contributed by atoms with van der Waals surface area (Å²) in [6.07, 6.45) is 5.30. The molecule has 0 radical (unpaired) electrons. The fourth-order valence-corrected chi connectivity index (χ4v) is 7.99. The van der Waals surface area contributed by atoms with Gasteiger partial charge in [0.05, 0.1) is 12.1 Å². The fourth-order valence-electron chi connectivity index (χ4n) is 7.99. The molecule has 3 N–H and O–H groups in total. The first-order valence-electron chi connectivity index (χ1n) is 14.3. The van der Waals surface area contributed by atoms with Gasteiger partial charge in [-0.25, -0.2) is 8.78 Å². The molecule has 8 heteroatoms. The van der Waals surface area contributed by atoms with Crippen LogP contribution in [0.3, 0.4) is 0 Å². The van der Waals surface area contributed by atoms with Crippen molar-refractivity contribution >= 4 is 5.91 Å². The van der Waals surface area contributed by atoms with E-state index >= 15 is 0 Å². The third-order valence-electron chi connectivity index (χ3n) is 10.5. The zero-order valence-corrected chi connectivity index (χ0v) is 21.9. The van der Waals surface area contributed by atoms with E-state index in [-0.39, 0.29) is 35.6 Å². The van der Waals surface area contributed by atoms with E-state index in [1.165, 1.54) is 5.56 Å². The van der Waals surface area contributed by atoms with Crippen molar-refractivity contribution in [2.45, 2.75) is 119 Å². The van der Waals surface area contributed by atoms with Gasteiger partial charge in [0.25, 0.3) is 0 Å². The van der Waals surface area contributed by atoms with Crippen molar-refractivity contribution < 1.29 is 18.7 Å². The van der Waals surface area contributed by atoms with Gasteiger partial charge < -0.3 is 20.6 Å². The molecule has 1 amide bonds. The lowest BCUT2D eigenvalue weighted by atomic mass is 9.78. The van der Waals surface area contributed by atoms with Gasteiger partial charge in [0.1, 0.15) is 6.23 Å². The summed E-state index contributed by atoms with van der Waals surface area (Å²) in [5.74, 6) is -0.113. The predicted octanol–water partition coefficient (Wildman–Crippen LogP) is 3.54. The minimum atomic E-state index is -2.23. The number of rotatable bonds is 6. The van der Waals surface area contributed by atoms with Crippen LogP contribution in [0.5, 0.6) is 0 Å². The van der Waals surface area contributed by atoms with Gasteiger partial charge in [0.15, 0.2) is 0 Å². The molecule has 3 heterocycles. The summed E-state index contributed by atoms with van der Waals surface area (Å²) in [5, 5.41) is 11.8. The number of aliphatic hydroxyl groups excluding tert-OH is 1. The van der Waals surface area contributed by atoms with Crippen molar-refractivity contribution in [1.29, 1.82) is 0 Å². The highest BCUT2D eigenvalue weighted by Gasteiger charge is 2.58. The second kappa shape index (κ2) is 9.85. The lowest BCUT2D eigenvalue weighted by Gasteiger charge is -2.47. The van der Waals surface area contributed by atoms with Gasteiger partial charge in [0, 0.05) is 36.1 Å². The Balaban J connectivity index is 1.17. The van der Waals surface area contributed by atoms with E-state index in [1.54, 1.807) is 0 Å².